The Kier molecular flexibility index (Phi) is 8.72. The fourth-order valence-electron chi connectivity index (χ4n) is 4.46. The van der Waals surface area contributed by atoms with E-state index in [1.807, 2.05) is 18.2 Å². The third kappa shape index (κ3) is 6.59. The lowest BCUT2D eigenvalue weighted by atomic mass is 10.00. The van der Waals surface area contributed by atoms with Gasteiger partial charge in [-0.05, 0) is 41.5 Å². The Morgan fingerprint density at radius 1 is 0.875 bits per heavy atom. The van der Waals surface area contributed by atoms with Crippen LogP contribution in [-0.4, -0.2) is 41.5 Å². The fraction of sp³-hybridized carbons (Fsp3) is 0.481. The van der Waals surface area contributed by atoms with Crippen molar-refractivity contribution in [3.05, 3.63) is 54.1 Å². The first kappa shape index (κ1) is 23.8. The third-order valence-electron chi connectivity index (χ3n) is 6.06. The van der Waals surface area contributed by atoms with Crippen LogP contribution in [0.25, 0.3) is 11.1 Å². The molecule has 0 atom stereocenters. The number of aliphatic carboxylic acids is 1. The summed E-state index contributed by atoms with van der Waals surface area (Å²) in [6.45, 7) is 7.15. The van der Waals surface area contributed by atoms with Gasteiger partial charge in [0.05, 0.1) is 0 Å². The summed E-state index contributed by atoms with van der Waals surface area (Å²) in [5.41, 5.74) is 4.42. The smallest absolute Gasteiger partial charge is 0.394 e. The Labute approximate surface area is 192 Å². The Morgan fingerprint density at radius 3 is 2.19 bits per heavy atom. The average Bonchev–Trinajstić information content (AvgIpc) is 2.80. The van der Waals surface area contributed by atoms with Crippen molar-refractivity contribution in [2.75, 3.05) is 24.5 Å². The predicted molar refractivity (Wildman–Crippen MR) is 130 cm³/mol. The highest BCUT2D eigenvalue weighted by Crippen LogP contribution is 2.31. The van der Waals surface area contributed by atoms with Gasteiger partial charge in [-0.3, -0.25) is 4.79 Å². The summed E-state index contributed by atoms with van der Waals surface area (Å²) < 4.78 is 0. The molecule has 1 aliphatic heterocycles. The van der Waals surface area contributed by atoms with Gasteiger partial charge < -0.3 is 14.9 Å². The zero-order valence-corrected chi connectivity index (χ0v) is 19.4. The Bertz CT molecular complexity index is 895. The first-order valence-corrected chi connectivity index (χ1v) is 11.9. The molecule has 0 unspecified atom stereocenters. The van der Waals surface area contributed by atoms with Crippen molar-refractivity contribution in [3.63, 3.8) is 0 Å². The van der Waals surface area contributed by atoms with Gasteiger partial charge in [-0.2, -0.15) is 0 Å². The van der Waals surface area contributed by atoms with Crippen molar-refractivity contribution in [2.45, 2.75) is 58.9 Å². The molecule has 0 aliphatic carbocycles. The second-order valence-corrected chi connectivity index (χ2v) is 9.20. The molecule has 2 aromatic carbocycles. The number of benzene rings is 2. The van der Waals surface area contributed by atoms with Crippen LogP contribution in [0.5, 0.6) is 0 Å². The lowest BCUT2D eigenvalue weighted by Crippen LogP contribution is -2.37. The highest BCUT2D eigenvalue weighted by Gasteiger charge is 2.23. The number of anilines is 1. The molecule has 0 aromatic heterocycles. The molecular formula is C27H36N2O3. The molecule has 1 aliphatic rings. The molecule has 3 rings (SSSR count). The lowest BCUT2D eigenvalue weighted by Gasteiger charge is -2.31. The van der Waals surface area contributed by atoms with Gasteiger partial charge in [0, 0.05) is 31.9 Å². The molecule has 5 nitrogen and oxygen atoms in total. The van der Waals surface area contributed by atoms with Gasteiger partial charge in [-0.1, -0.05) is 82.0 Å². The van der Waals surface area contributed by atoms with E-state index in [1.165, 1.54) is 17.7 Å². The Balaban J connectivity index is 2.04. The number of hydrogen-bond donors (Lipinski definition) is 1. The number of carboxylic acids is 1. The maximum absolute atomic E-state index is 12.5. The van der Waals surface area contributed by atoms with Crippen LogP contribution in [0.1, 0.15) is 57.9 Å². The fourth-order valence-corrected chi connectivity index (χ4v) is 4.46. The van der Waals surface area contributed by atoms with E-state index in [0.29, 0.717) is 19.0 Å². The van der Waals surface area contributed by atoms with E-state index < -0.39 is 11.9 Å². The van der Waals surface area contributed by atoms with Crippen LogP contribution in [0.2, 0.25) is 0 Å². The van der Waals surface area contributed by atoms with Crippen LogP contribution >= 0.6 is 0 Å². The van der Waals surface area contributed by atoms with E-state index in [2.05, 4.69) is 49.1 Å². The number of nitrogens with zero attached hydrogens (tertiary/aromatic N) is 2. The topological polar surface area (TPSA) is 60.9 Å². The maximum atomic E-state index is 12.5. The molecular weight excluding hydrogens is 400 g/mol. The predicted octanol–water partition coefficient (Wildman–Crippen LogP) is 5.58. The SMILES string of the molecule is CC(C)CN1CCCCCCCCN(C(=O)C(=O)O)Cc2ccc(-c3ccccc3)cc21. The quantitative estimate of drug-likeness (QED) is 0.638. The summed E-state index contributed by atoms with van der Waals surface area (Å²) >= 11 is 0. The molecule has 1 N–H and O–H groups in total. The molecule has 172 valence electrons. The van der Waals surface area contributed by atoms with Crippen LogP contribution in [0.3, 0.4) is 0 Å². The van der Waals surface area contributed by atoms with E-state index in [0.717, 1.165) is 61.2 Å². The first-order chi connectivity index (χ1) is 15.5. The van der Waals surface area contributed by atoms with Crippen molar-refractivity contribution in [1.29, 1.82) is 0 Å². The van der Waals surface area contributed by atoms with Gasteiger partial charge in [0.1, 0.15) is 0 Å². The van der Waals surface area contributed by atoms with Crippen LogP contribution in [0.15, 0.2) is 48.5 Å². The minimum absolute atomic E-state index is 0.324. The van der Waals surface area contributed by atoms with E-state index in [4.69, 9.17) is 0 Å². The Morgan fingerprint density at radius 2 is 1.53 bits per heavy atom. The van der Waals surface area contributed by atoms with Gasteiger partial charge in [-0.15, -0.1) is 0 Å². The molecule has 1 amide bonds. The lowest BCUT2D eigenvalue weighted by molar-refractivity contribution is -0.156. The highest BCUT2D eigenvalue weighted by molar-refractivity contribution is 6.31. The Hall–Kier alpha value is -2.82. The van der Waals surface area contributed by atoms with Crippen molar-refractivity contribution in [3.8, 4) is 11.1 Å². The summed E-state index contributed by atoms with van der Waals surface area (Å²) in [7, 11) is 0. The minimum Gasteiger partial charge on any atom is -0.474 e. The van der Waals surface area contributed by atoms with Gasteiger partial charge in [0.15, 0.2) is 0 Å². The molecule has 1 heterocycles. The number of rotatable bonds is 3. The van der Waals surface area contributed by atoms with Crippen LogP contribution in [-0.2, 0) is 16.1 Å². The third-order valence-corrected chi connectivity index (χ3v) is 6.06. The molecule has 0 bridgehead atoms. The van der Waals surface area contributed by atoms with Crippen molar-refractivity contribution in [2.24, 2.45) is 5.92 Å². The number of carboxylic acid groups (broad SMARTS) is 1. The monoisotopic (exact) mass is 436 g/mol. The summed E-state index contributed by atoms with van der Waals surface area (Å²) in [6.07, 6.45) is 6.51. The number of hydrogen-bond acceptors (Lipinski definition) is 3. The maximum Gasteiger partial charge on any atom is 0.394 e. The van der Waals surface area contributed by atoms with Crippen LogP contribution < -0.4 is 4.90 Å². The molecule has 0 spiro atoms. The molecule has 0 saturated carbocycles. The number of amides is 1. The molecule has 2 aromatic rings. The van der Waals surface area contributed by atoms with E-state index in [-0.39, 0.29) is 0 Å². The van der Waals surface area contributed by atoms with Crippen molar-refractivity contribution in [1.82, 2.24) is 4.90 Å². The van der Waals surface area contributed by atoms with Gasteiger partial charge >= 0.3 is 11.9 Å². The normalized spacial score (nSPS) is 16.0. The second kappa shape index (κ2) is 11.7. The summed E-state index contributed by atoms with van der Waals surface area (Å²) in [4.78, 5) is 27.9. The summed E-state index contributed by atoms with van der Waals surface area (Å²) in [5.74, 6) is -1.69. The van der Waals surface area contributed by atoms with E-state index in [1.54, 1.807) is 0 Å². The van der Waals surface area contributed by atoms with Crippen LogP contribution in [0, 0.1) is 5.92 Å². The zero-order chi connectivity index (χ0) is 22.9. The highest BCUT2D eigenvalue weighted by atomic mass is 16.4. The van der Waals surface area contributed by atoms with E-state index >= 15 is 0 Å². The molecule has 0 fully saturated rings. The van der Waals surface area contributed by atoms with Gasteiger partial charge in [0.2, 0.25) is 0 Å². The molecule has 0 radical (unpaired) electrons. The van der Waals surface area contributed by atoms with Crippen molar-refractivity contribution < 1.29 is 14.7 Å². The van der Waals surface area contributed by atoms with Crippen LogP contribution in [0.4, 0.5) is 5.69 Å². The molecule has 32 heavy (non-hydrogen) atoms. The zero-order valence-electron chi connectivity index (χ0n) is 19.4. The molecule has 5 heteroatoms. The second-order valence-electron chi connectivity index (χ2n) is 9.20. The standard InChI is InChI=1S/C27H36N2O3/c1-21(2)19-28-16-10-5-3-4-6-11-17-29(26(30)27(31)32)20-24-15-14-23(18-25(24)28)22-12-8-7-9-13-22/h7-9,12-15,18,21H,3-6,10-11,16-17,19-20H2,1-2H3,(H,31,32). The van der Waals surface area contributed by atoms with Gasteiger partial charge in [0.25, 0.3) is 0 Å². The molecule has 0 saturated heterocycles. The first-order valence-electron chi connectivity index (χ1n) is 11.9. The number of fused-ring (bicyclic) bond motifs is 1. The van der Waals surface area contributed by atoms with Gasteiger partial charge in [-0.25, -0.2) is 4.79 Å². The summed E-state index contributed by atoms with van der Waals surface area (Å²) in [5, 5.41) is 9.38. The summed E-state index contributed by atoms with van der Waals surface area (Å²) in [6, 6.07) is 16.7. The largest absolute Gasteiger partial charge is 0.474 e. The van der Waals surface area contributed by atoms with E-state index in [9.17, 15) is 14.7 Å². The average molecular weight is 437 g/mol. The minimum atomic E-state index is -1.38. The number of carbonyl (C=O) groups is 2. The number of carbonyl (C=O) groups excluding carboxylic acids is 1. The van der Waals surface area contributed by atoms with Crippen molar-refractivity contribution >= 4 is 17.6 Å².